The Kier molecular flexibility index (Phi) is 16.2. The number of carbonyl (C=O) groups is 4. The molecule has 13 heteroatoms. The number of carboxylic acid groups (broad SMARTS) is 1. The zero-order valence-corrected chi connectivity index (χ0v) is 34.7. The molecular weight excluding hydrogens is 725 g/mol. The smallest absolute Gasteiger partial charge is 0.407 e. The first kappa shape index (κ1) is 44.5. The van der Waals surface area contributed by atoms with E-state index in [1.807, 2.05) is 126 Å². The first-order valence-corrected chi connectivity index (χ1v) is 19.7. The van der Waals surface area contributed by atoms with Gasteiger partial charge in [0.1, 0.15) is 6.04 Å². The topological polar surface area (TPSA) is 144 Å². The van der Waals surface area contributed by atoms with Crippen LogP contribution in [0.5, 0.6) is 0 Å². The van der Waals surface area contributed by atoms with E-state index < -0.39 is 41.9 Å². The molecule has 2 atom stereocenters. The summed E-state index contributed by atoms with van der Waals surface area (Å²) in [4.78, 5) is 58.6. The number of nitrogens with zero attached hydrogens (tertiary/aromatic N) is 4. The molecule has 0 fully saturated rings. The number of likely N-dealkylation sites (N-methyl/N-ethyl adjacent to an activating group) is 1. The highest BCUT2D eigenvalue weighted by atomic mass is 16.7. The van der Waals surface area contributed by atoms with Gasteiger partial charge in [-0.2, -0.15) is 0 Å². The Morgan fingerprint density at radius 1 is 0.789 bits per heavy atom. The summed E-state index contributed by atoms with van der Waals surface area (Å²) in [6.45, 7) is 12.1. The normalized spacial score (nSPS) is 12.7. The largest absolute Gasteiger partial charge is 0.465 e. The molecule has 0 radical (unpaired) electrons. The molecule has 57 heavy (non-hydrogen) atoms. The fourth-order valence-corrected chi connectivity index (χ4v) is 6.98. The third-order valence-electron chi connectivity index (χ3n) is 9.95. The average Bonchev–Trinajstić information content (AvgIpc) is 3.17. The van der Waals surface area contributed by atoms with E-state index in [2.05, 4.69) is 10.7 Å². The Balaban J connectivity index is 1.58. The van der Waals surface area contributed by atoms with Gasteiger partial charge in [-0.15, -0.1) is 0 Å². The van der Waals surface area contributed by atoms with Crippen molar-refractivity contribution in [1.29, 1.82) is 0 Å². The van der Waals surface area contributed by atoms with Crippen LogP contribution < -0.4 is 15.6 Å². The Bertz CT molecular complexity index is 1950. The quantitative estimate of drug-likeness (QED) is 0.0514. The van der Waals surface area contributed by atoms with E-state index in [0.29, 0.717) is 31.7 Å². The SMILES string of the molecule is CCOC(OCC)[C@H](C)N(Cc1cccc2ccccc12)C(=O)[C@H](CCCCN(C(=O)O)C(C)(C)C)NC(=O)CN(C)NC(=O)N(C)c1cccc2ccccc12. The van der Waals surface area contributed by atoms with Crippen molar-refractivity contribution in [3.8, 4) is 0 Å². The number of ether oxygens (including phenoxy) is 2. The molecule has 4 aromatic rings. The molecule has 0 unspecified atom stereocenters. The molecule has 0 saturated heterocycles. The van der Waals surface area contributed by atoms with Crippen molar-refractivity contribution in [2.45, 2.75) is 91.3 Å². The number of unbranched alkanes of at least 4 members (excludes halogenated alkanes) is 1. The molecule has 0 bridgehead atoms. The average molecular weight is 785 g/mol. The van der Waals surface area contributed by atoms with Gasteiger partial charge < -0.3 is 29.7 Å². The molecule has 0 aliphatic rings. The Hall–Kier alpha value is -5.24. The number of anilines is 1. The highest BCUT2D eigenvalue weighted by Crippen LogP contribution is 2.27. The van der Waals surface area contributed by atoms with Crippen LogP contribution in [0.2, 0.25) is 0 Å². The van der Waals surface area contributed by atoms with Crippen LogP contribution in [-0.2, 0) is 25.6 Å². The molecule has 5 amide bonds. The van der Waals surface area contributed by atoms with Gasteiger partial charge in [0, 0.05) is 51.3 Å². The Morgan fingerprint density at radius 3 is 1.98 bits per heavy atom. The summed E-state index contributed by atoms with van der Waals surface area (Å²) in [6, 6.07) is 25.4. The zero-order chi connectivity index (χ0) is 41.7. The maximum absolute atomic E-state index is 14.9. The maximum atomic E-state index is 14.9. The van der Waals surface area contributed by atoms with E-state index >= 15 is 0 Å². The monoisotopic (exact) mass is 784 g/mol. The van der Waals surface area contributed by atoms with Crippen LogP contribution in [0.15, 0.2) is 84.9 Å². The van der Waals surface area contributed by atoms with Crippen molar-refractivity contribution < 1.29 is 33.8 Å². The molecule has 13 nitrogen and oxygen atoms in total. The number of carbonyl (C=O) groups excluding carboxylic acids is 3. The first-order valence-electron chi connectivity index (χ1n) is 19.7. The van der Waals surface area contributed by atoms with Crippen molar-refractivity contribution in [2.75, 3.05) is 45.3 Å². The number of urea groups is 1. The number of amides is 5. The molecule has 4 rings (SSSR count). The van der Waals surface area contributed by atoms with Crippen molar-refractivity contribution in [1.82, 2.24) is 25.6 Å². The van der Waals surface area contributed by atoms with Crippen LogP contribution in [0.3, 0.4) is 0 Å². The van der Waals surface area contributed by atoms with Crippen LogP contribution in [0, 0.1) is 0 Å². The second-order valence-electron chi connectivity index (χ2n) is 15.2. The van der Waals surface area contributed by atoms with Gasteiger partial charge in [0.15, 0.2) is 6.29 Å². The van der Waals surface area contributed by atoms with Crippen molar-refractivity contribution in [3.63, 3.8) is 0 Å². The minimum Gasteiger partial charge on any atom is -0.465 e. The van der Waals surface area contributed by atoms with Gasteiger partial charge in [-0.3, -0.25) is 19.9 Å². The third kappa shape index (κ3) is 12.1. The van der Waals surface area contributed by atoms with Gasteiger partial charge in [0.2, 0.25) is 11.8 Å². The minimum absolute atomic E-state index is 0.220. The number of hydrogen-bond donors (Lipinski definition) is 3. The molecule has 0 aliphatic heterocycles. The van der Waals surface area contributed by atoms with Gasteiger partial charge in [0.05, 0.1) is 18.3 Å². The molecule has 0 aromatic heterocycles. The van der Waals surface area contributed by atoms with Gasteiger partial charge in [-0.05, 0) is 88.6 Å². The van der Waals surface area contributed by atoms with Crippen molar-refractivity contribution in [2.24, 2.45) is 0 Å². The van der Waals surface area contributed by atoms with E-state index in [1.54, 1.807) is 19.0 Å². The standard InChI is InChI=1S/C44H60N6O7/c1-9-56-41(57-10-2)31(3)49(29-34-23-17-21-32-19-11-13-24-35(32)34)40(52)37(26-15-16-28-50(43(54)55)44(4,5)6)45-39(51)30-47(7)46-42(53)48(8)38-27-18-22-33-20-12-14-25-36(33)38/h11-14,17-25,27,31,37,41H,9-10,15-16,26,28-30H2,1-8H3,(H,45,51)(H,46,53)(H,54,55)/t31-,37-/m0/s1. The lowest BCUT2D eigenvalue weighted by atomic mass is 10.0. The van der Waals surface area contributed by atoms with Gasteiger partial charge in [-0.1, -0.05) is 78.9 Å². The van der Waals surface area contributed by atoms with E-state index in [1.165, 1.54) is 14.8 Å². The number of nitrogens with one attached hydrogen (secondary N) is 2. The lowest BCUT2D eigenvalue weighted by Gasteiger charge is -2.37. The van der Waals surface area contributed by atoms with E-state index in [4.69, 9.17) is 9.47 Å². The van der Waals surface area contributed by atoms with Crippen molar-refractivity contribution >= 4 is 51.2 Å². The predicted molar refractivity (Wildman–Crippen MR) is 225 cm³/mol. The molecule has 3 N–H and O–H groups in total. The fraction of sp³-hybridized carbons (Fsp3) is 0.455. The third-order valence-corrected chi connectivity index (χ3v) is 9.95. The molecule has 0 spiro atoms. The lowest BCUT2D eigenvalue weighted by Crippen LogP contribution is -2.56. The molecule has 4 aromatic carbocycles. The predicted octanol–water partition coefficient (Wildman–Crippen LogP) is 7.24. The summed E-state index contributed by atoms with van der Waals surface area (Å²) in [5.74, 6) is -0.809. The molecular formula is C44H60N6O7. The number of fused-ring (bicyclic) bond motifs is 2. The van der Waals surface area contributed by atoms with Gasteiger partial charge in [0.25, 0.3) is 0 Å². The maximum Gasteiger partial charge on any atom is 0.407 e. The second-order valence-corrected chi connectivity index (χ2v) is 15.2. The van der Waals surface area contributed by atoms with Gasteiger partial charge >= 0.3 is 12.1 Å². The van der Waals surface area contributed by atoms with E-state index in [0.717, 1.165) is 27.1 Å². The minimum atomic E-state index is -1.02. The van der Waals surface area contributed by atoms with Crippen LogP contribution in [0.25, 0.3) is 21.5 Å². The molecule has 0 aliphatic carbocycles. The molecule has 0 heterocycles. The fourth-order valence-electron chi connectivity index (χ4n) is 6.98. The zero-order valence-electron chi connectivity index (χ0n) is 34.7. The number of hydrogen-bond acceptors (Lipinski definition) is 7. The van der Waals surface area contributed by atoms with Crippen LogP contribution in [0.4, 0.5) is 15.3 Å². The highest BCUT2D eigenvalue weighted by molar-refractivity contribution is 6.02. The van der Waals surface area contributed by atoms with Gasteiger partial charge in [-0.25, -0.2) is 14.6 Å². The van der Waals surface area contributed by atoms with Crippen LogP contribution in [0.1, 0.15) is 66.4 Å². The van der Waals surface area contributed by atoms with Crippen LogP contribution in [-0.4, -0.2) is 108 Å². The Labute approximate surface area is 336 Å². The highest BCUT2D eigenvalue weighted by Gasteiger charge is 2.34. The number of hydrazine groups is 1. The van der Waals surface area contributed by atoms with Crippen molar-refractivity contribution in [3.05, 3.63) is 90.5 Å². The number of rotatable bonds is 19. The lowest BCUT2D eigenvalue weighted by molar-refractivity contribution is -0.179. The summed E-state index contributed by atoms with van der Waals surface area (Å²) in [5, 5.41) is 18.1. The van der Waals surface area contributed by atoms with E-state index in [-0.39, 0.29) is 32.0 Å². The number of benzene rings is 4. The summed E-state index contributed by atoms with van der Waals surface area (Å²) in [6.07, 6.45) is -0.581. The van der Waals surface area contributed by atoms with E-state index in [9.17, 15) is 24.3 Å². The summed E-state index contributed by atoms with van der Waals surface area (Å²) < 4.78 is 12.0. The molecule has 0 saturated carbocycles. The van der Waals surface area contributed by atoms with Crippen LogP contribution >= 0.6 is 0 Å². The second kappa shape index (κ2) is 20.8. The summed E-state index contributed by atoms with van der Waals surface area (Å²) in [5.41, 5.74) is 3.79. The Morgan fingerprint density at radius 2 is 1.37 bits per heavy atom. The summed E-state index contributed by atoms with van der Waals surface area (Å²) in [7, 11) is 3.25. The first-order chi connectivity index (χ1) is 27.2. The summed E-state index contributed by atoms with van der Waals surface area (Å²) >= 11 is 0. The molecule has 308 valence electrons.